The van der Waals surface area contributed by atoms with E-state index in [9.17, 15) is 4.79 Å². The molecule has 0 aliphatic carbocycles. The Morgan fingerprint density at radius 3 is 2.55 bits per heavy atom. The first-order valence-corrected chi connectivity index (χ1v) is 10.7. The van der Waals surface area contributed by atoms with Crippen molar-refractivity contribution in [3.63, 3.8) is 0 Å². The van der Waals surface area contributed by atoms with E-state index in [-0.39, 0.29) is 17.6 Å². The summed E-state index contributed by atoms with van der Waals surface area (Å²) in [6.07, 6.45) is 4.83. The molecule has 0 saturated carbocycles. The second-order valence-electron chi connectivity index (χ2n) is 7.13. The highest BCUT2D eigenvalue weighted by Gasteiger charge is 2.25. The van der Waals surface area contributed by atoms with Crippen LogP contribution in [-0.4, -0.2) is 27.5 Å². The number of rotatable bonds is 7. The molecule has 1 aromatic carbocycles. The Balaban J connectivity index is 1.98. The van der Waals surface area contributed by atoms with E-state index < -0.39 is 5.92 Å². The largest absolute Gasteiger partial charge is 0.493 e. The molecule has 1 unspecified atom stereocenters. The molecule has 2 heterocycles. The van der Waals surface area contributed by atoms with Gasteiger partial charge in [-0.05, 0) is 45.4 Å². The van der Waals surface area contributed by atoms with Gasteiger partial charge in [-0.1, -0.05) is 29.3 Å². The lowest BCUT2D eigenvalue weighted by molar-refractivity contribution is -0.122. The van der Waals surface area contributed by atoms with Crippen LogP contribution in [0.5, 0.6) is 5.75 Å². The molecule has 3 aromatic rings. The Hall–Kier alpha value is -2.70. The van der Waals surface area contributed by atoms with Gasteiger partial charge in [0.1, 0.15) is 5.75 Å². The van der Waals surface area contributed by atoms with Gasteiger partial charge in [0.25, 0.3) is 0 Å². The predicted octanol–water partition coefficient (Wildman–Crippen LogP) is 5.28. The monoisotopic (exact) mass is 458 g/mol. The molecule has 1 atom stereocenters. The number of hydrogen-bond donors (Lipinski definition) is 1. The van der Waals surface area contributed by atoms with Gasteiger partial charge in [-0.25, -0.2) is 4.98 Å². The van der Waals surface area contributed by atoms with Crippen molar-refractivity contribution in [1.29, 1.82) is 0 Å². The maximum atomic E-state index is 13.0. The normalized spacial score (nSPS) is 11.8. The lowest BCUT2D eigenvalue weighted by atomic mass is 9.91. The summed E-state index contributed by atoms with van der Waals surface area (Å²) in [6, 6.07) is 5.71. The molecule has 162 valence electrons. The van der Waals surface area contributed by atoms with E-state index in [1.807, 2.05) is 39.8 Å². The lowest BCUT2D eigenvalue weighted by Crippen LogP contribution is -2.28. The average molecular weight is 459 g/mol. The standard InChI is InChI=1S/C23H24Cl2N4O2/c1-5-31-21-17(14(3)23(30)29-12-19-22(25)27-9-8-26-19)10-18(24)15(4)20(21)16-7-6-13(2)28-11-16/h6-11,14H,5,12H2,1-4H3,(H,29,30). The number of pyridine rings is 1. The smallest absolute Gasteiger partial charge is 0.227 e. The SMILES string of the molecule is CCOc1c(C(C)C(=O)NCc2nccnc2Cl)cc(Cl)c(C)c1-c1ccc(C)nc1. The van der Waals surface area contributed by atoms with Gasteiger partial charge in [-0.3, -0.25) is 14.8 Å². The van der Waals surface area contributed by atoms with Gasteiger partial charge in [0.2, 0.25) is 5.91 Å². The van der Waals surface area contributed by atoms with Gasteiger partial charge in [0, 0.05) is 46.0 Å². The number of carbonyl (C=O) groups is 1. The van der Waals surface area contributed by atoms with Crippen molar-refractivity contribution in [3.05, 3.63) is 69.5 Å². The molecular formula is C23H24Cl2N4O2. The van der Waals surface area contributed by atoms with Crippen molar-refractivity contribution in [2.24, 2.45) is 0 Å². The first-order chi connectivity index (χ1) is 14.8. The van der Waals surface area contributed by atoms with Crippen LogP contribution in [0.2, 0.25) is 10.2 Å². The van der Waals surface area contributed by atoms with Crippen LogP contribution >= 0.6 is 23.2 Å². The molecule has 0 bridgehead atoms. The highest BCUT2D eigenvalue weighted by atomic mass is 35.5. The maximum Gasteiger partial charge on any atom is 0.227 e. The van der Waals surface area contributed by atoms with Crippen molar-refractivity contribution < 1.29 is 9.53 Å². The van der Waals surface area contributed by atoms with Gasteiger partial charge < -0.3 is 10.1 Å². The molecule has 1 N–H and O–H groups in total. The number of carbonyl (C=O) groups excluding carboxylic acids is 1. The van der Waals surface area contributed by atoms with Crippen LogP contribution in [-0.2, 0) is 11.3 Å². The Morgan fingerprint density at radius 2 is 1.90 bits per heavy atom. The van der Waals surface area contributed by atoms with Crippen molar-refractivity contribution in [1.82, 2.24) is 20.3 Å². The van der Waals surface area contributed by atoms with Crippen molar-refractivity contribution >= 4 is 29.1 Å². The Bertz CT molecular complexity index is 1090. The van der Waals surface area contributed by atoms with E-state index in [4.69, 9.17) is 27.9 Å². The van der Waals surface area contributed by atoms with E-state index in [2.05, 4.69) is 20.3 Å². The summed E-state index contributed by atoms with van der Waals surface area (Å²) < 4.78 is 6.03. The summed E-state index contributed by atoms with van der Waals surface area (Å²) in [5, 5.41) is 3.69. The topological polar surface area (TPSA) is 77.0 Å². The molecule has 3 rings (SSSR count). The number of hydrogen-bond acceptors (Lipinski definition) is 5. The molecule has 8 heteroatoms. The summed E-state index contributed by atoms with van der Waals surface area (Å²) in [7, 11) is 0. The van der Waals surface area contributed by atoms with E-state index in [0.717, 1.165) is 22.4 Å². The molecule has 0 aliphatic heterocycles. The van der Waals surface area contributed by atoms with Crippen molar-refractivity contribution in [2.45, 2.75) is 40.2 Å². The minimum absolute atomic E-state index is 0.175. The molecule has 0 aliphatic rings. The highest BCUT2D eigenvalue weighted by Crippen LogP contribution is 2.42. The fourth-order valence-corrected chi connectivity index (χ4v) is 3.65. The number of nitrogens with zero attached hydrogens (tertiary/aromatic N) is 3. The average Bonchev–Trinajstić information content (AvgIpc) is 2.76. The Morgan fingerprint density at radius 1 is 1.16 bits per heavy atom. The summed E-state index contributed by atoms with van der Waals surface area (Å²) in [6.45, 7) is 8.21. The molecule has 31 heavy (non-hydrogen) atoms. The fraction of sp³-hybridized carbons (Fsp3) is 0.304. The molecule has 1 amide bonds. The highest BCUT2D eigenvalue weighted by molar-refractivity contribution is 6.32. The summed E-state index contributed by atoms with van der Waals surface area (Å²) in [5.74, 6) is -0.0851. The van der Waals surface area contributed by atoms with Gasteiger partial charge in [-0.2, -0.15) is 0 Å². The van der Waals surface area contributed by atoms with E-state index in [0.29, 0.717) is 28.6 Å². The molecule has 0 spiro atoms. The number of halogens is 2. The fourth-order valence-electron chi connectivity index (χ4n) is 3.26. The third-order valence-corrected chi connectivity index (χ3v) is 5.71. The van der Waals surface area contributed by atoms with Gasteiger partial charge >= 0.3 is 0 Å². The van der Waals surface area contributed by atoms with Crippen LogP contribution < -0.4 is 10.1 Å². The number of amides is 1. The van der Waals surface area contributed by atoms with E-state index in [1.165, 1.54) is 12.4 Å². The molecule has 6 nitrogen and oxygen atoms in total. The van der Waals surface area contributed by atoms with Crippen molar-refractivity contribution in [3.8, 4) is 16.9 Å². The zero-order valence-electron chi connectivity index (χ0n) is 17.9. The van der Waals surface area contributed by atoms with E-state index in [1.54, 1.807) is 12.3 Å². The van der Waals surface area contributed by atoms with Crippen LogP contribution in [0.1, 0.15) is 42.3 Å². The van der Waals surface area contributed by atoms with Crippen LogP contribution in [0.4, 0.5) is 0 Å². The first kappa shape index (κ1) is 23.0. The van der Waals surface area contributed by atoms with E-state index >= 15 is 0 Å². The predicted molar refractivity (Wildman–Crippen MR) is 123 cm³/mol. The molecule has 0 fully saturated rings. The van der Waals surface area contributed by atoms with Crippen LogP contribution in [0, 0.1) is 13.8 Å². The number of benzene rings is 1. The number of nitrogens with one attached hydrogen (secondary N) is 1. The third-order valence-electron chi connectivity index (χ3n) is 5.01. The Labute approximate surface area is 192 Å². The zero-order chi connectivity index (χ0) is 22.5. The third kappa shape index (κ3) is 5.14. The summed E-state index contributed by atoms with van der Waals surface area (Å²) in [4.78, 5) is 25.5. The van der Waals surface area contributed by atoms with Crippen molar-refractivity contribution in [2.75, 3.05) is 6.61 Å². The number of aromatic nitrogens is 3. The second-order valence-corrected chi connectivity index (χ2v) is 7.90. The van der Waals surface area contributed by atoms with Gasteiger partial charge in [0.15, 0.2) is 5.15 Å². The second kappa shape index (κ2) is 10.1. The molecule has 0 saturated heterocycles. The number of ether oxygens (including phenoxy) is 1. The lowest BCUT2D eigenvalue weighted by Gasteiger charge is -2.22. The summed E-state index contributed by atoms with van der Waals surface area (Å²) in [5.41, 5.74) is 4.72. The first-order valence-electron chi connectivity index (χ1n) is 9.95. The maximum absolute atomic E-state index is 13.0. The molecule has 0 radical (unpaired) electrons. The summed E-state index contributed by atoms with van der Waals surface area (Å²) >= 11 is 12.6. The Kier molecular flexibility index (Phi) is 7.46. The number of aryl methyl sites for hydroxylation is 1. The minimum Gasteiger partial charge on any atom is -0.493 e. The quantitative estimate of drug-likeness (QED) is 0.520. The van der Waals surface area contributed by atoms with Gasteiger partial charge in [0.05, 0.1) is 24.8 Å². The molecule has 2 aromatic heterocycles. The van der Waals surface area contributed by atoms with Crippen LogP contribution in [0.25, 0.3) is 11.1 Å². The van der Waals surface area contributed by atoms with Gasteiger partial charge in [-0.15, -0.1) is 0 Å². The molecular weight excluding hydrogens is 435 g/mol. The van der Waals surface area contributed by atoms with Crippen LogP contribution in [0.3, 0.4) is 0 Å². The van der Waals surface area contributed by atoms with Crippen LogP contribution in [0.15, 0.2) is 36.8 Å². The zero-order valence-corrected chi connectivity index (χ0v) is 19.4. The minimum atomic E-state index is -0.521.